The normalized spacial score (nSPS) is 11.0. The molecule has 1 radical (unpaired) electrons. The zero-order valence-corrected chi connectivity index (χ0v) is 20.1. The molecule has 0 saturated heterocycles. The van der Waals surface area contributed by atoms with E-state index in [1.54, 1.807) is 0 Å². The van der Waals surface area contributed by atoms with Crippen molar-refractivity contribution >= 4 is 29.6 Å². The van der Waals surface area contributed by atoms with E-state index in [0.29, 0.717) is 0 Å². The van der Waals surface area contributed by atoms with Crippen LogP contribution in [-0.2, 0) is 0 Å². The number of rotatable bonds is 25. The van der Waals surface area contributed by atoms with E-state index in [-0.39, 0.29) is 29.6 Å². The molecule has 0 rings (SSSR count). The second kappa shape index (κ2) is 31.2. The molecule has 0 saturated carbocycles. The Morgan fingerprint density at radius 1 is 0.310 bits per heavy atom. The average molecular weight is 418 g/mol. The maximum absolute atomic E-state index is 3.91. The first kappa shape index (κ1) is 32.2. The quantitative estimate of drug-likeness (QED) is 0.102. The van der Waals surface area contributed by atoms with Crippen LogP contribution in [-0.4, -0.2) is 29.6 Å². The number of hydrogen-bond donors (Lipinski definition) is 0. The van der Waals surface area contributed by atoms with Gasteiger partial charge in [-0.1, -0.05) is 181 Å². The molecule has 0 aromatic heterocycles. The summed E-state index contributed by atoms with van der Waals surface area (Å²) >= 11 is 0. The molecule has 0 amide bonds. The van der Waals surface area contributed by atoms with Crippen LogP contribution in [0.25, 0.3) is 0 Å². The van der Waals surface area contributed by atoms with Crippen LogP contribution in [0.15, 0.2) is 0 Å². The zero-order chi connectivity index (χ0) is 20.4. The van der Waals surface area contributed by atoms with E-state index in [1.165, 1.54) is 161 Å². The first-order chi connectivity index (χ1) is 13.9. The molecule has 0 aromatic rings. The molecule has 0 nitrogen and oxygen atoms in total. The minimum absolute atomic E-state index is 0. The maximum atomic E-state index is 3.91. The van der Waals surface area contributed by atoms with Crippen molar-refractivity contribution in [2.24, 2.45) is 0 Å². The summed E-state index contributed by atoms with van der Waals surface area (Å²) in [5.41, 5.74) is 0. The first-order valence-electron chi connectivity index (χ1n) is 13.7. The molecule has 0 aromatic carbocycles. The molecule has 0 spiro atoms. The van der Waals surface area contributed by atoms with E-state index >= 15 is 0 Å². The van der Waals surface area contributed by atoms with Crippen molar-refractivity contribution in [2.45, 2.75) is 174 Å². The van der Waals surface area contributed by atoms with Crippen LogP contribution < -0.4 is 0 Å². The van der Waals surface area contributed by atoms with Crippen LogP contribution in [0.2, 0.25) is 0 Å². The van der Waals surface area contributed by atoms with Gasteiger partial charge in [0.25, 0.3) is 0 Å². The van der Waals surface area contributed by atoms with Gasteiger partial charge in [0, 0.05) is 0 Å². The van der Waals surface area contributed by atoms with Gasteiger partial charge in [0.2, 0.25) is 0 Å². The summed E-state index contributed by atoms with van der Waals surface area (Å²) in [4.78, 5) is 0. The van der Waals surface area contributed by atoms with Gasteiger partial charge in [-0.25, -0.2) is 0 Å². The van der Waals surface area contributed by atoms with E-state index in [2.05, 4.69) is 13.8 Å². The standard InChI is InChI=1S/C28H57.Na.H/c1-3-5-7-9-11-13-15-17-19-21-23-25-27-28-26-24-22-20-18-16-14-12-10-8-6-4-2;;/h1,3-28H2,2H3;;. The van der Waals surface area contributed by atoms with Crippen LogP contribution in [0.1, 0.15) is 174 Å². The molecule has 0 atom stereocenters. The third-order valence-corrected chi connectivity index (χ3v) is 6.35. The topological polar surface area (TPSA) is 0 Å². The molecule has 0 N–H and O–H groups in total. The minimum atomic E-state index is 0. The van der Waals surface area contributed by atoms with E-state index in [9.17, 15) is 0 Å². The predicted molar refractivity (Wildman–Crippen MR) is 138 cm³/mol. The summed E-state index contributed by atoms with van der Waals surface area (Å²) in [6.45, 7) is 6.22. The molecule has 0 heterocycles. The van der Waals surface area contributed by atoms with Gasteiger partial charge >= 0.3 is 29.6 Å². The predicted octanol–water partition coefficient (Wildman–Crippen LogP) is 10.3. The van der Waals surface area contributed by atoms with Crippen molar-refractivity contribution in [2.75, 3.05) is 0 Å². The zero-order valence-electron chi connectivity index (χ0n) is 20.1. The summed E-state index contributed by atoms with van der Waals surface area (Å²) < 4.78 is 0. The molecule has 1 heteroatoms. The summed E-state index contributed by atoms with van der Waals surface area (Å²) in [5, 5.41) is 0. The first-order valence-corrected chi connectivity index (χ1v) is 13.7. The van der Waals surface area contributed by atoms with Gasteiger partial charge in [0.05, 0.1) is 0 Å². The van der Waals surface area contributed by atoms with Gasteiger partial charge < -0.3 is 0 Å². The van der Waals surface area contributed by atoms with Crippen molar-refractivity contribution < 1.29 is 0 Å². The van der Waals surface area contributed by atoms with Gasteiger partial charge in [-0.2, -0.15) is 0 Å². The Morgan fingerprint density at radius 2 is 0.483 bits per heavy atom. The molecule has 171 valence electrons. The molecule has 29 heavy (non-hydrogen) atoms. The number of hydrogen-bond acceptors (Lipinski definition) is 0. The second-order valence-electron chi connectivity index (χ2n) is 9.34. The average Bonchev–Trinajstić information content (AvgIpc) is 2.71. The fourth-order valence-electron chi connectivity index (χ4n) is 4.32. The van der Waals surface area contributed by atoms with Crippen molar-refractivity contribution in [3.8, 4) is 0 Å². The SMILES string of the molecule is [CH2]CCCCCCCCCCCCCCCCCCCCCCCCCCC.[NaH]. The van der Waals surface area contributed by atoms with Gasteiger partial charge in [0.15, 0.2) is 0 Å². The molecular weight excluding hydrogens is 359 g/mol. The van der Waals surface area contributed by atoms with Gasteiger partial charge in [-0.05, 0) is 0 Å². The Balaban J connectivity index is 0. The molecule has 0 unspecified atom stereocenters. The van der Waals surface area contributed by atoms with E-state index in [4.69, 9.17) is 0 Å². The summed E-state index contributed by atoms with van der Waals surface area (Å²) in [5.74, 6) is 0. The van der Waals surface area contributed by atoms with Crippen molar-refractivity contribution in [3.63, 3.8) is 0 Å². The summed E-state index contributed by atoms with van der Waals surface area (Å²) in [6, 6.07) is 0. The number of unbranched alkanes of at least 4 members (excludes halogenated alkanes) is 25. The fourth-order valence-corrected chi connectivity index (χ4v) is 4.32. The van der Waals surface area contributed by atoms with Crippen molar-refractivity contribution in [3.05, 3.63) is 6.92 Å². The Kier molecular flexibility index (Phi) is 34.6. The molecule has 0 aliphatic carbocycles. The van der Waals surface area contributed by atoms with Crippen LogP contribution >= 0.6 is 0 Å². The van der Waals surface area contributed by atoms with E-state index < -0.39 is 0 Å². The van der Waals surface area contributed by atoms with Crippen LogP contribution in [0.3, 0.4) is 0 Å². The monoisotopic (exact) mass is 417 g/mol. The summed E-state index contributed by atoms with van der Waals surface area (Å²) in [7, 11) is 0. The van der Waals surface area contributed by atoms with Crippen molar-refractivity contribution in [1.82, 2.24) is 0 Å². The second-order valence-corrected chi connectivity index (χ2v) is 9.34. The Labute approximate surface area is 209 Å². The molecule has 0 fully saturated rings. The Bertz CT molecular complexity index is 225. The van der Waals surface area contributed by atoms with Crippen LogP contribution in [0, 0.1) is 6.92 Å². The van der Waals surface area contributed by atoms with E-state index in [1.807, 2.05) is 0 Å². The molecule has 0 aliphatic heterocycles. The Hall–Kier alpha value is 1.00. The molecular formula is C28H58Na. The van der Waals surface area contributed by atoms with Gasteiger partial charge in [0.1, 0.15) is 0 Å². The van der Waals surface area contributed by atoms with E-state index in [0.717, 1.165) is 6.42 Å². The molecule has 0 aliphatic rings. The van der Waals surface area contributed by atoms with Gasteiger partial charge in [-0.15, -0.1) is 0 Å². The fraction of sp³-hybridized carbons (Fsp3) is 0.964. The van der Waals surface area contributed by atoms with Crippen LogP contribution in [0.4, 0.5) is 0 Å². The van der Waals surface area contributed by atoms with Crippen molar-refractivity contribution in [1.29, 1.82) is 0 Å². The summed E-state index contributed by atoms with van der Waals surface area (Å²) in [6.07, 6.45) is 37.8. The van der Waals surface area contributed by atoms with Crippen LogP contribution in [0.5, 0.6) is 0 Å². The third kappa shape index (κ3) is 31.3. The molecule has 0 bridgehead atoms. The Morgan fingerprint density at radius 3 is 0.655 bits per heavy atom. The third-order valence-electron chi connectivity index (χ3n) is 6.35. The van der Waals surface area contributed by atoms with Gasteiger partial charge in [-0.3, -0.25) is 0 Å².